The van der Waals surface area contributed by atoms with Gasteiger partial charge in [0.05, 0.1) is 26.7 Å². The third-order valence-electron chi connectivity index (χ3n) is 3.62. The molecule has 0 aromatic rings. The summed E-state index contributed by atoms with van der Waals surface area (Å²) in [4.78, 5) is 11.4. The van der Waals surface area contributed by atoms with Gasteiger partial charge in [-0.15, -0.1) is 0 Å². The van der Waals surface area contributed by atoms with Crippen molar-refractivity contribution in [2.45, 2.75) is 70.5 Å². The molecular weight excluding hydrogens is 244 g/mol. The van der Waals surface area contributed by atoms with Gasteiger partial charge >= 0.3 is 5.97 Å². The summed E-state index contributed by atoms with van der Waals surface area (Å²) in [5, 5.41) is 0. The zero-order valence-corrected chi connectivity index (χ0v) is 12.4. The van der Waals surface area contributed by atoms with Gasteiger partial charge < -0.3 is 14.2 Å². The molecule has 0 saturated carbocycles. The molecule has 1 fully saturated rings. The first-order chi connectivity index (χ1) is 9.22. The number of carbonyl (C=O) groups is 1. The number of hydrogen-bond donors (Lipinski definition) is 0. The van der Waals surface area contributed by atoms with Crippen LogP contribution in [0.4, 0.5) is 0 Å². The van der Waals surface area contributed by atoms with Gasteiger partial charge in [0.15, 0.2) is 5.79 Å². The Labute approximate surface area is 116 Å². The molecule has 1 saturated heterocycles. The van der Waals surface area contributed by atoms with Crippen LogP contribution >= 0.6 is 0 Å². The van der Waals surface area contributed by atoms with Gasteiger partial charge in [-0.25, -0.2) is 0 Å². The number of methoxy groups -OCH3 is 1. The van der Waals surface area contributed by atoms with Crippen molar-refractivity contribution in [1.82, 2.24) is 0 Å². The lowest BCUT2D eigenvalue weighted by Gasteiger charge is -2.26. The minimum Gasteiger partial charge on any atom is -0.469 e. The Bertz CT molecular complexity index is 247. The molecule has 0 amide bonds. The number of esters is 1. The molecule has 4 heteroatoms. The maximum atomic E-state index is 11.4. The zero-order chi connectivity index (χ0) is 14.0. The van der Waals surface area contributed by atoms with E-state index in [9.17, 15) is 4.79 Å². The fourth-order valence-electron chi connectivity index (χ4n) is 2.48. The molecule has 0 bridgehead atoms. The first-order valence-electron chi connectivity index (χ1n) is 7.57. The van der Waals surface area contributed by atoms with Gasteiger partial charge in [0.1, 0.15) is 0 Å². The van der Waals surface area contributed by atoms with E-state index in [1.54, 1.807) is 0 Å². The van der Waals surface area contributed by atoms with Crippen LogP contribution in [-0.4, -0.2) is 32.1 Å². The second-order valence-electron chi connectivity index (χ2n) is 5.23. The Morgan fingerprint density at radius 3 is 2.21 bits per heavy atom. The van der Waals surface area contributed by atoms with Gasteiger partial charge in [0.25, 0.3) is 0 Å². The molecule has 0 N–H and O–H groups in total. The van der Waals surface area contributed by atoms with Crippen molar-refractivity contribution in [2.75, 3.05) is 20.3 Å². The highest BCUT2D eigenvalue weighted by molar-refractivity contribution is 5.70. The summed E-state index contributed by atoms with van der Waals surface area (Å²) < 4.78 is 16.0. The van der Waals surface area contributed by atoms with E-state index in [1.807, 2.05) is 0 Å². The largest absolute Gasteiger partial charge is 0.469 e. The minimum absolute atomic E-state index is 0.208. The summed E-state index contributed by atoms with van der Waals surface area (Å²) in [6.45, 7) is 3.38. The summed E-state index contributed by atoms with van der Waals surface area (Å²) in [6, 6.07) is 0. The molecule has 0 unspecified atom stereocenters. The van der Waals surface area contributed by atoms with Gasteiger partial charge in [-0.1, -0.05) is 45.4 Å². The second kappa shape index (κ2) is 9.32. The van der Waals surface area contributed by atoms with Crippen LogP contribution in [0, 0.1) is 0 Å². The van der Waals surface area contributed by atoms with E-state index in [1.165, 1.54) is 45.6 Å². The third-order valence-corrected chi connectivity index (χ3v) is 3.62. The summed E-state index contributed by atoms with van der Waals surface area (Å²) in [7, 11) is 1.40. The van der Waals surface area contributed by atoms with Crippen molar-refractivity contribution in [3.05, 3.63) is 0 Å². The van der Waals surface area contributed by atoms with Crippen LogP contribution in [0.5, 0.6) is 0 Å². The normalized spacial score (nSPS) is 17.6. The number of rotatable bonds is 10. The van der Waals surface area contributed by atoms with Crippen LogP contribution in [0.25, 0.3) is 0 Å². The van der Waals surface area contributed by atoms with Crippen LogP contribution in [0.1, 0.15) is 64.7 Å². The number of unbranched alkanes of at least 4 members (excludes halogenated alkanes) is 6. The maximum Gasteiger partial charge on any atom is 0.310 e. The lowest BCUT2D eigenvalue weighted by Crippen LogP contribution is -2.33. The van der Waals surface area contributed by atoms with Crippen LogP contribution in [0.15, 0.2) is 0 Å². The highest BCUT2D eigenvalue weighted by atomic mass is 16.7. The summed E-state index contributed by atoms with van der Waals surface area (Å²) in [5.74, 6) is -0.971. The van der Waals surface area contributed by atoms with Gasteiger partial charge in [-0.2, -0.15) is 0 Å². The molecule has 0 aliphatic carbocycles. The molecule has 1 aliphatic rings. The smallest absolute Gasteiger partial charge is 0.310 e. The highest BCUT2D eigenvalue weighted by Crippen LogP contribution is 2.30. The molecular formula is C15H28O4. The third kappa shape index (κ3) is 6.39. The molecule has 0 aromatic carbocycles. The van der Waals surface area contributed by atoms with Crippen molar-refractivity contribution < 1.29 is 19.0 Å². The van der Waals surface area contributed by atoms with Crippen molar-refractivity contribution in [3.8, 4) is 0 Å². The van der Waals surface area contributed by atoms with Crippen molar-refractivity contribution in [2.24, 2.45) is 0 Å². The second-order valence-corrected chi connectivity index (χ2v) is 5.23. The van der Waals surface area contributed by atoms with Crippen LogP contribution < -0.4 is 0 Å². The molecule has 19 heavy (non-hydrogen) atoms. The molecule has 0 aromatic heterocycles. The first-order valence-corrected chi connectivity index (χ1v) is 7.57. The molecule has 1 rings (SSSR count). The molecule has 0 spiro atoms. The number of hydrogen-bond acceptors (Lipinski definition) is 4. The van der Waals surface area contributed by atoms with Crippen LogP contribution in [0.2, 0.25) is 0 Å². The van der Waals surface area contributed by atoms with E-state index in [-0.39, 0.29) is 12.4 Å². The fraction of sp³-hybridized carbons (Fsp3) is 0.933. The van der Waals surface area contributed by atoms with E-state index in [0.29, 0.717) is 13.2 Å². The Morgan fingerprint density at radius 1 is 1.05 bits per heavy atom. The van der Waals surface area contributed by atoms with E-state index < -0.39 is 5.79 Å². The maximum absolute atomic E-state index is 11.4. The monoisotopic (exact) mass is 272 g/mol. The van der Waals surface area contributed by atoms with Gasteiger partial charge in [-0.05, 0) is 6.42 Å². The van der Waals surface area contributed by atoms with E-state index in [2.05, 4.69) is 6.92 Å². The average molecular weight is 272 g/mol. The summed E-state index contributed by atoms with van der Waals surface area (Å²) in [5.41, 5.74) is 0. The fourth-order valence-corrected chi connectivity index (χ4v) is 2.48. The number of carbonyl (C=O) groups excluding carboxylic acids is 1. The van der Waals surface area contributed by atoms with E-state index >= 15 is 0 Å². The van der Waals surface area contributed by atoms with Crippen LogP contribution in [0.3, 0.4) is 0 Å². The number of ether oxygens (including phenoxy) is 3. The topological polar surface area (TPSA) is 44.8 Å². The lowest BCUT2D eigenvalue weighted by atomic mass is 10.0. The molecule has 1 heterocycles. The van der Waals surface area contributed by atoms with Crippen LogP contribution in [-0.2, 0) is 19.0 Å². The Morgan fingerprint density at radius 2 is 1.63 bits per heavy atom. The highest BCUT2D eigenvalue weighted by Gasteiger charge is 2.38. The average Bonchev–Trinajstić information content (AvgIpc) is 2.86. The molecule has 1 aliphatic heterocycles. The van der Waals surface area contributed by atoms with Gasteiger partial charge in [-0.3, -0.25) is 4.79 Å². The standard InChI is InChI=1S/C15H28O4/c1-3-4-5-6-7-8-9-10-15(13-14(16)17-2)18-11-12-19-15/h3-13H2,1-2H3. The van der Waals surface area contributed by atoms with Crippen molar-refractivity contribution in [3.63, 3.8) is 0 Å². The van der Waals surface area contributed by atoms with E-state index in [4.69, 9.17) is 14.2 Å². The van der Waals surface area contributed by atoms with E-state index in [0.717, 1.165) is 12.8 Å². The summed E-state index contributed by atoms with van der Waals surface area (Å²) >= 11 is 0. The zero-order valence-electron chi connectivity index (χ0n) is 12.4. The quantitative estimate of drug-likeness (QED) is 0.451. The minimum atomic E-state index is -0.712. The van der Waals surface area contributed by atoms with Crippen molar-refractivity contribution >= 4 is 5.97 Å². The predicted molar refractivity (Wildman–Crippen MR) is 73.9 cm³/mol. The van der Waals surface area contributed by atoms with Crippen molar-refractivity contribution in [1.29, 1.82) is 0 Å². The SMILES string of the molecule is CCCCCCCCCC1(CC(=O)OC)OCCO1. The summed E-state index contributed by atoms with van der Waals surface area (Å²) in [6.07, 6.45) is 9.73. The molecule has 0 radical (unpaired) electrons. The Balaban J connectivity index is 2.17. The Hall–Kier alpha value is -0.610. The molecule has 0 atom stereocenters. The predicted octanol–water partition coefficient (Wildman–Crippen LogP) is 3.43. The Kier molecular flexibility index (Phi) is 8.07. The molecule has 112 valence electrons. The van der Waals surface area contributed by atoms with Gasteiger partial charge in [0, 0.05) is 6.42 Å². The van der Waals surface area contributed by atoms with Gasteiger partial charge in [0.2, 0.25) is 0 Å². The lowest BCUT2D eigenvalue weighted by molar-refractivity contribution is -0.184. The first kappa shape index (κ1) is 16.4. The molecule has 4 nitrogen and oxygen atoms in total.